The zero-order valence-electron chi connectivity index (χ0n) is 10.2. The predicted molar refractivity (Wildman–Crippen MR) is 78.9 cm³/mol. The highest BCUT2D eigenvalue weighted by Crippen LogP contribution is 2.30. The third-order valence-corrected chi connectivity index (χ3v) is 3.44. The summed E-state index contributed by atoms with van der Waals surface area (Å²) in [4.78, 5) is 4.32. The minimum Gasteiger partial charge on any atom is -0.508 e. The first-order chi connectivity index (χ1) is 9.63. The number of aromatic hydroxyl groups is 1. The average molecular weight is 332 g/mol. The van der Waals surface area contributed by atoms with Gasteiger partial charge in [-0.1, -0.05) is 17.3 Å². The lowest BCUT2D eigenvalue weighted by molar-refractivity contribution is 0.432. The Morgan fingerprint density at radius 3 is 2.80 bits per heavy atom. The van der Waals surface area contributed by atoms with E-state index >= 15 is 0 Å². The van der Waals surface area contributed by atoms with Gasteiger partial charge in [-0.25, -0.2) is 0 Å². The molecule has 1 heterocycles. The van der Waals surface area contributed by atoms with E-state index in [0.717, 1.165) is 10.0 Å². The first kappa shape index (κ1) is 12.7. The Kier molecular flexibility index (Phi) is 3.15. The highest BCUT2D eigenvalue weighted by Gasteiger charge is 2.13. The molecule has 6 heteroatoms. The summed E-state index contributed by atoms with van der Waals surface area (Å²) in [6.07, 6.45) is 0. The Labute approximate surface area is 123 Å². The largest absolute Gasteiger partial charge is 0.508 e. The van der Waals surface area contributed by atoms with Crippen LogP contribution >= 0.6 is 15.9 Å². The summed E-state index contributed by atoms with van der Waals surface area (Å²) in [5.41, 5.74) is 7.78. The van der Waals surface area contributed by atoms with Crippen molar-refractivity contribution in [2.75, 3.05) is 5.73 Å². The molecule has 0 fully saturated rings. The van der Waals surface area contributed by atoms with Gasteiger partial charge in [0, 0.05) is 15.7 Å². The number of aromatic nitrogens is 2. The fraction of sp³-hybridized carbons (Fsp3) is 0. The minimum absolute atomic E-state index is 0.152. The second-order valence-electron chi connectivity index (χ2n) is 4.21. The monoisotopic (exact) mass is 331 g/mol. The van der Waals surface area contributed by atoms with Gasteiger partial charge in [0.15, 0.2) is 0 Å². The third kappa shape index (κ3) is 2.37. The van der Waals surface area contributed by atoms with E-state index in [1.807, 2.05) is 6.07 Å². The molecule has 5 nitrogen and oxygen atoms in total. The van der Waals surface area contributed by atoms with Crippen LogP contribution in [0.1, 0.15) is 0 Å². The molecule has 0 radical (unpaired) electrons. The molecule has 1 aromatic heterocycles. The Morgan fingerprint density at radius 1 is 1.15 bits per heavy atom. The molecule has 100 valence electrons. The molecule has 0 bridgehead atoms. The van der Waals surface area contributed by atoms with Crippen LogP contribution in [0.5, 0.6) is 5.75 Å². The lowest BCUT2D eigenvalue weighted by Crippen LogP contribution is -1.87. The van der Waals surface area contributed by atoms with Crippen molar-refractivity contribution in [1.82, 2.24) is 10.1 Å². The van der Waals surface area contributed by atoms with E-state index in [0.29, 0.717) is 23.0 Å². The molecule has 0 saturated heterocycles. The Morgan fingerprint density at radius 2 is 2.00 bits per heavy atom. The van der Waals surface area contributed by atoms with Crippen LogP contribution in [0.25, 0.3) is 22.8 Å². The zero-order chi connectivity index (χ0) is 14.1. The average Bonchev–Trinajstić information content (AvgIpc) is 2.91. The first-order valence-corrected chi connectivity index (χ1v) is 6.61. The molecule has 0 unspecified atom stereocenters. The topological polar surface area (TPSA) is 85.2 Å². The van der Waals surface area contributed by atoms with Crippen molar-refractivity contribution in [3.8, 4) is 28.6 Å². The number of phenolic OH excluding ortho intramolecular Hbond substituents is 1. The van der Waals surface area contributed by atoms with Crippen LogP contribution in [-0.2, 0) is 0 Å². The maximum Gasteiger partial charge on any atom is 0.259 e. The van der Waals surface area contributed by atoms with Gasteiger partial charge in [0.05, 0.1) is 5.56 Å². The van der Waals surface area contributed by atoms with Gasteiger partial charge in [-0.2, -0.15) is 4.98 Å². The number of nitrogens with zero attached hydrogens (tertiary/aromatic N) is 2. The molecule has 3 N–H and O–H groups in total. The van der Waals surface area contributed by atoms with E-state index in [9.17, 15) is 5.11 Å². The fourth-order valence-corrected chi connectivity index (χ4v) is 2.22. The van der Waals surface area contributed by atoms with Crippen molar-refractivity contribution >= 4 is 21.6 Å². The zero-order valence-corrected chi connectivity index (χ0v) is 11.8. The smallest absolute Gasteiger partial charge is 0.259 e. The SMILES string of the molecule is Nc1ccc(Br)c(-c2nc(-c3cccc(O)c3)no2)c1. The molecule has 0 atom stereocenters. The quantitative estimate of drug-likeness (QED) is 0.702. The highest BCUT2D eigenvalue weighted by atomic mass is 79.9. The van der Waals surface area contributed by atoms with Crippen molar-refractivity contribution < 1.29 is 9.63 Å². The van der Waals surface area contributed by atoms with E-state index in [1.165, 1.54) is 0 Å². The molecule has 0 amide bonds. The molecule has 0 aliphatic carbocycles. The van der Waals surface area contributed by atoms with Crippen molar-refractivity contribution in [1.29, 1.82) is 0 Å². The van der Waals surface area contributed by atoms with Gasteiger partial charge in [-0.3, -0.25) is 0 Å². The number of nitrogens with two attached hydrogens (primary N) is 1. The second kappa shape index (κ2) is 4.97. The number of nitrogen functional groups attached to an aromatic ring is 1. The molecular weight excluding hydrogens is 322 g/mol. The molecule has 0 spiro atoms. The summed E-state index contributed by atoms with van der Waals surface area (Å²) in [6.45, 7) is 0. The van der Waals surface area contributed by atoms with Crippen LogP contribution in [0.15, 0.2) is 51.5 Å². The minimum atomic E-state index is 0.152. The first-order valence-electron chi connectivity index (χ1n) is 5.82. The Hall–Kier alpha value is -2.34. The molecule has 0 aliphatic heterocycles. The third-order valence-electron chi connectivity index (χ3n) is 2.75. The number of rotatable bonds is 2. The van der Waals surface area contributed by atoms with E-state index in [4.69, 9.17) is 10.3 Å². The van der Waals surface area contributed by atoms with E-state index in [2.05, 4.69) is 26.1 Å². The van der Waals surface area contributed by atoms with Crippen LogP contribution in [0, 0.1) is 0 Å². The van der Waals surface area contributed by atoms with Gasteiger partial charge < -0.3 is 15.4 Å². The molecule has 3 rings (SSSR count). The number of halogens is 1. The highest BCUT2D eigenvalue weighted by molar-refractivity contribution is 9.10. The maximum atomic E-state index is 9.47. The summed E-state index contributed by atoms with van der Waals surface area (Å²) in [5, 5.41) is 13.4. The number of phenols is 1. The van der Waals surface area contributed by atoms with Gasteiger partial charge in [-0.15, -0.1) is 0 Å². The molecule has 20 heavy (non-hydrogen) atoms. The molecular formula is C14H10BrN3O2. The van der Waals surface area contributed by atoms with Crippen molar-refractivity contribution in [2.45, 2.75) is 0 Å². The van der Waals surface area contributed by atoms with Crippen LogP contribution in [0.2, 0.25) is 0 Å². The Balaban J connectivity index is 2.04. The van der Waals surface area contributed by atoms with E-state index in [1.54, 1.807) is 36.4 Å². The van der Waals surface area contributed by atoms with Gasteiger partial charge in [0.25, 0.3) is 5.89 Å². The summed E-state index contributed by atoms with van der Waals surface area (Å²) >= 11 is 3.42. The lowest BCUT2D eigenvalue weighted by atomic mass is 10.2. The predicted octanol–water partition coefficient (Wildman–Crippen LogP) is 3.45. The van der Waals surface area contributed by atoms with Gasteiger partial charge >= 0.3 is 0 Å². The van der Waals surface area contributed by atoms with E-state index < -0.39 is 0 Å². The molecule has 0 saturated carbocycles. The molecule has 3 aromatic rings. The van der Waals surface area contributed by atoms with Crippen molar-refractivity contribution in [3.05, 3.63) is 46.9 Å². The Bertz CT molecular complexity index is 771. The standard InChI is InChI=1S/C14H10BrN3O2/c15-12-5-4-9(16)7-11(12)14-17-13(18-20-14)8-2-1-3-10(19)6-8/h1-7,19H,16H2. The van der Waals surface area contributed by atoms with Crippen molar-refractivity contribution in [2.24, 2.45) is 0 Å². The maximum absolute atomic E-state index is 9.47. The molecule has 2 aromatic carbocycles. The van der Waals surface area contributed by atoms with Crippen molar-refractivity contribution in [3.63, 3.8) is 0 Å². The summed E-state index contributed by atoms with van der Waals surface area (Å²) in [7, 11) is 0. The van der Waals surface area contributed by atoms with Gasteiger partial charge in [0.2, 0.25) is 5.82 Å². The number of anilines is 1. The molecule has 0 aliphatic rings. The number of benzene rings is 2. The second-order valence-corrected chi connectivity index (χ2v) is 5.07. The van der Waals surface area contributed by atoms with Gasteiger partial charge in [-0.05, 0) is 46.3 Å². The van der Waals surface area contributed by atoms with Crippen LogP contribution < -0.4 is 5.73 Å². The van der Waals surface area contributed by atoms with Crippen LogP contribution in [0.4, 0.5) is 5.69 Å². The van der Waals surface area contributed by atoms with Crippen LogP contribution in [-0.4, -0.2) is 15.2 Å². The van der Waals surface area contributed by atoms with E-state index in [-0.39, 0.29) is 5.75 Å². The fourth-order valence-electron chi connectivity index (χ4n) is 1.80. The number of hydrogen-bond acceptors (Lipinski definition) is 5. The number of hydrogen-bond donors (Lipinski definition) is 2. The van der Waals surface area contributed by atoms with Gasteiger partial charge in [0.1, 0.15) is 5.75 Å². The summed E-state index contributed by atoms with van der Waals surface area (Å²) in [6, 6.07) is 12.0. The summed E-state index contributed by atoms with van der Waals surface area (Å²) < 4.78 is 6.07. The lowest BCUT2D eigenvalue weighted by Gasteiger charge is -1.99. The summed E-state index contributed by atoms with van der Waals surface area (Å²) in [5.74, 6) is 0.923. The normalized spacial score (nSPS) is 10.7. The van der Waals surface area contributed by atoms with Crippen LogP contribution in [0.3, 0.4) is 0 Å².